The largest absolute Gasteiger partial charge is 0.456 e. The van der Waals surface area contributed by atoms with Crippen LogP contribution in [0, 0.1) is 0 Å². The minimum atomic E-state index is 0.962. The maximum Gasteiger partial charge on any atom is 0.135 e. The number of para-hydroxylation sites is 2. The van der Waals surface area contributed by atoms with Gasteiger partial charge in [-0.05, 0) is 24.3 Å². The first-order chi connectivity index (χ1) is 13.9. The van der Waals surface area contributed by atoms with Crippen molar-refractivity contribution >= 4 is 53.4 Å². The molecule has 0 aliphatic rings. The molecule has 0 fully saturated rings. The fourth-order valence-corrected chi connectivity index (χ4v) is 4.46. The topological polar surface area (TPSA) is 13.1 Å². The van der Waals surface area contributed by atoms with Gasteiger partial charge in [-0.3, -0.25) is 0 Å². The van der Waals surface area contributed by atoms with Gasteiger partial charge in [0.1, 0.15) is 11.2 Å². The Balaban J connectivity index is 0.000000126. The van der Waals surface area contributed by atoms with E-state index in [0.29, 0.717) is 0 Å². The summed E-state index contributed by atoms with van der Waals surface area (Å²) in [5, 5.41) is 5.14. The molecule has 2 heteroatoms. The van der Waals surface area contributed by atoms with Gasteiger partial charge in [0, 0.05) is 30.9 Å². The van der Waals surface area contributed by atoms with Crippen LogP contribution in [0.4, 0.5) is 0 Å². The Morgan fingerprint density at radius 2 is 0.821 bits per heavy atom. The second-order valence-corrected chi connectivity index (χ2v) is 7.27. The van der Waals surface area contributed by atoms with Crippen molar-refractivity contribution in [1.29, 1.82) is 0 Å². The molecule has 0 N–H and O–H groups in total. The maximum atomic E-state index is 5.65. The van der Waals surface area contributed by atoms with Crippen molar-refractivity contribution in [2.45, 2.75) is 13.8 Å². The Morgan fingerprint density at radius 3 is 1.29 bits per heavy atom. The zero-order valence-corrected chi connectivity index (χ0v) is 16.9. The Morgan fingerprint density at radius 1 is 0.464 bits per heavy atom. The third-order valence-electron chi connectivity index (χ3n) is 4.57. The van der Waals surface area contributed by atoms with Crippen molar-refractivity contribution in [1.82, 2.24) is 0 Å². The first-order valence-corrected chi connectivity index (χ1v) is 10.4. The summed E-state index contributed by atoms with van der Waals surface area (Å²) in [5.74, 6) is 0. The molecule has 138 valence electrons. The van der Waals surface area contributed by atoms with Crippen LogP contribution in [0.5, 0.6) is 0 Å². The molecule has 6 rings (SSSR count). The predicted molar refractivity (Wildman–Crippen MR) is 124 cm³/mol. The molecule has 0 amide bonds. The molecule has 0 spiro atoms. The van der Waals surface area contributed by atoms with E-state index in [1.807, 2.05) is 61.6 Å². The molecule has 6 aromatic rings. The standard InChI is InChI=1S/C12H8O.C12H8S.C2H6/c2*1-3-7-11-9(5-1)10-6-2-4-8-12(10)13-11;1-2/h2*1-8H;1-2H3. The number of rotatable bonds is 0. The monoisotopic (exact) mass is 382 g/mol. The number of benzene rings is 4. The van der Waals surface area contributed by atoms with Crippen molar-refractivity contribution in [2.75, 3.05) is 0 Å². The highest BCUT2D eigenvalue weighted by Gasteiger charge is 2.03. The SMILES string of the molecule is CC.c1ccc2c(c1)oc1ccccc12.c1ccc2c(c1)sc1ccccc12. The lowest BCUT2D eigenvalue weighted by atomic mass is 10.2. The fourth-order valence-electron chi connectivity index (χ4n) is 3.35. The molecular weight excluding hydrogens is 360 g/mol. The Kier molecular flexibility index (Phi) is 5.41. The van der Waals surface area contributed by atoms with Crippen LogP contribution in [-0.2, 0) is 0 Å². The van der Waals surface area contributed by atoms with Crippen molar-refractivity contribution in [2.24, 2.45) is 0 Å². The molecule has 0 aliphatic heterocycles. The molecule has 2 heterocycles. The van der Waals surface area contributed by atoms with E-state index in [-0.39, 0.29) is 0 Å². The molecule has 0 aliphatic carbocycles. The minimum Gasteiger partial charge on any atom is -0.456 e. The van der Waals surface area contributed by atoms with Crippen LogP contribution in [0.15, 0.2) is 101 Å². The third kappa shape index (κ3) is 3.39. The summed E-state index contributed by atoms with van der Waals surface area (Å²) < 4.78 is 8.41. The highest BCUT2D eigenvalue weighted by Crippen LogP contribution is 2.33. The van der Waals surface area contributed by atoms with Crippen LogP contribution in [-0.4, -0.2) is 0 Å². The summed E-state index contributed by atoms with van der Waals surface area (Å²) in [5.41, 5.74) is 1.92. The molecule has 0 unspecified atom stereocenters. The normalized spacial score (nSPS) is 10.5. The lowest BCUT2D eigenvalue weighted by Crippen LogP contribution is -1.62. The summed E-state index contributed by atoms with van der Waals surface area (Å²) in [6, 6.07) is 33.3. The van der Waals surface area contributed by atoms with Crippen LogP contribution in [0.2, 0.25) is 0 Å². The highest BCUT2D eigenvalue weighted by atomic mass is 32.1. The van der Waals surface area contributed by atoms with Gasteiger partial charge >= 0.3 is 0 Å². The van der Waals surface area contributed by atoms with Crippen molar-refractivity contribution in [3.63, 3.8) is 0 Å². The van der Waals surface area contributed by atoms with Crippen LogP contribution in [0.1, 0.15) is 13.8 Å². The van der Waals surface area contributed by atoms with Gasteiger partial charge in [-0.1, -0.05) is 86.6 Å². The first kappa shape index (κ1) is 18.3. The van der Waals surface area contributed by atoms with E-state index >= 15 is 0 Å². The first-order valence-electron chi connectivity index (χ1n) is 9.63. The Labute approximate surface area is 168 Å². The molecule has 4 aromatic carbocycles. The van der Waals surface area contributed by atoms with Gasteiger partial charge in [0.15, 0.2) is 0 Å². The maximum absolute atomic E-state index is 5.65. The van der Waals surface area contributed by atoms with Crippen LogP contribution in [0.25, 0.3) is 42.1 Å². The Bertz CT molecular complexity index is 1130. The number of thiophene rings is 1. The third-order valence-corrected chi connectivity index (χ3v) is 5.72. The quantitative estimate of drug-likeness (QED) is 0.256. The van der Waals surface area contributed by atoms with Gasteiger partial charge in [0.05, 0.1) is 0 Å². The van der Waals surface area contributed by atoms with Crippen molar-refractivity contribution in [3.05, 3.63) is 97.1 Å². The average Bonchev–Trinajstić information content (AvgIpc) is 3.34. The van der Waals surface area contributed by atoms with E-state index in [0.717, 1.165) is 11.2 Å². The van der Waals surface area contributed by atoms with Crippen LogP contribution < -0.4 is 0 Å². The Hall–Kier alpha value is -3.10. The van der Waals surface area contributed by atoms with Gasteiger partial charge < -0.3 is 4.42 Å². The predicted octanol–water partition coefficient (Wildman–Crippen LogP) is 8.67. The molecule has 0 saturated heterocycles. The van der Waals surface area contributed by atoms with E-state index in [1.54, 1.807) is 0 Å². The van der Waals surface area contributed by atoms with Crippen molar-refractivity contribution < 1.29 is 4.42 Å². The number of fused-ring (bicyclic) bond motifs is 6. The molecule has 28 heavy (non-hydrogen) atoms. The van der Waals surface area contributed by atoms with Gasteiger partial charge in [-0.2, -0.15) is 0 Å². The number of furan rings is 1. The second-order valence-electron chi connectivity index (χ2n) is 6.19. The molecule has 1 nitrogen and oxygen atoms in total. The minimum absolute atomic E-state index is 0.962. The van der Waals surface area contributed by atoms with Gasteiger partial charge in [-0.25, -0.2) is 0 Å². The summed E-state index contributed by atoms with van der Waals surface area (Å²) >= 11 is 1.86. The lowest BCUT2D eigenvalue weighted by Gasteiger charge is -1.88. The lowest BCUT2D eigenvalue weighted by molar-refractivity contribution is 0.669. The fraction of sp³-hybridized carbons (Fsp3) is 0.0769. The zero-order chi connectivity index (χ0) is 19.3. The molecule has 0 saturated carbocycles. The number of hydrogen-bond acceptors (Lipinski definition) is 2. The number of hydrogen-bond donors (Lipinski definition) is 0. The molecule has 0 radical (unpaired) electrons. The molecule has 0 bridgehead atoms. The van der Waals surface area contributed by atoms with E-state index in [4.69, 9.17) is 4.42 Å². The van der Waals surface area contributed by atoms with Gasteiger partial charge in [-0.15, -0.1) is 11.3 Å². The molecule has 2 aromatic heterocycles. The summed E-state index contributed by atoms with van der Waals surface area (Å²) in [6.45, 7) is 4.00. The second kappa shape index (κ2) is 8.28. The highest BCUT2D eigenvalue weighted by molar-refractivity contribution is 7.25. The summed E-state index contributed by atoms with van der Waals surface area (Å²) in [6.07, 6.45) is 0. The average molecular weight is 383 g/mol. The van der Waals surface area contributed by atoms with Gasteiger partial charge in [0.2, 0.25) is 0 Å². The summed E-state index contributed by atoms with van der Waals surface area (Å²) in [7, 11) is 0. The van der Waals surface area contributed by atoms with Crippen LogP contribution in [0.3, 0.4) is 0 Å². The van der Waals surface area contributed by atoms with Gasteiger partial charge in [0.25, 0.3) is 0 Å². The van der Waals surface area contributed by atoms with E-state index in [9.17, 15) is 0 Å². The summed E-state index contributed by atoms with van der Waals surface area (Å²) in [4.78, 5) is 0. The van der Waals surface area contributed by atoms with Crippen molar-refractivity contribution in [3.8, 4) is 0 Å². The smallest absolute Gasteiger partial charge is 0.135 e. The zero-order valence-electron chi connectivity index (χ0n) is 16.1. The van der Waals surface area contributed by atoms with E-state index in [1.165, 1.54) is 30.9 Å². The molecular formula is C26H22OS. The van der Waals surface area contributed by atoms with E-state index < -0.39 is 0 Å². The van der Waals surface area contributed by atoms with Crippen LogP contribution >= 0.6 is 11.3 Å². The molecule has 0 atom stereocenters. The van der Waals surface area contributed by atoms with E-state index in [2.05, 4.69) is 60.7 Å².